The second-order valence-corrected chi connectivity index (χ2v) is 13.0. The van der Waals surface area contributed by atoms with Gasteiger partial charge >= 0.3 is 0 Å². The normalized spacial score (nSPS) is 14.8. The average Bonchev–Trinajstić information content (AvgIpc) is 3.95. The van der Waals surface area contributed by atoms with E-state index in [0.717, 1.165) is 67.6 Å². The van der Waals surface area contributed by atoms with Gasteiger partial charge in [0.1, 0.15) is 6.54 Å². The summed E-state index contributed by atoms with van der Waals surface area (Å²) >= 11 is 12.9. The first-order valence-corrected chi connectivity index (χ1v) is 16.2. The lowest BCUT2D eigenvalue weighted by atomic mass is 10.1. The number of oxazole rings is 2. The molecule has 2 aliphatic rings. The summed E-state index contributed by atoms with van der Waals surface area (Å²) in [5.41, 5.74) is 13.7. The predicted molar refractivity (Wildman–Crippen MR) is 175 cm³/mol. The van der Waals surface area contributed by atoms with E-state index in [9.17, 15) is 9.59 Å². The van der Waals surface area contributed by atoms with Gasteiger partial charge in [0.2, 0.25) is 11.8 Å². The fourth-order valence-electron chi connectivity index (χ4n) is 5.73. The van der Waals surface area contributed by atoms with Crippen LogP contribution in [0.15, 0.2) is 56.7 Å². The summed E-state index contributed by atoms with van der Waals surface area (Å²) in [5.74, 6) is 0.804. The Morgan fingerprint density at radius 3 is 1.75 bits per heavy atom. The number of halogens is 3. The molecule has 0 N–H and O–H groups in total. The first-order chi connectivity index (χ1) is 21.2. The van der Waals surface area contributed by atoms with Crippen LogP contribution in [0, 0.1) is 13.8 Å². The first kappa shape index (κ1) is 29.1. The summed E-state index contributed by atoms with van der Waals surface area (Å²) in [6, 6.07) is 8.30. The van der Waals surface area contributed by atoms with Crippen molar-refractivity contribution in [2.24, 2.45) is 5.11 Å². The van der Waals surface area contributed by atoms with Crippen molar-refractivity contribution in [3.05, 3.63) is 87.3 Å². The number of aromatic nitrogens is 4. The van der Waals surface area contributed by atoms with E-state index in [2.05, 4.69) is 51.9 Å². The van der Waals surface area contributed by atoms with E-state index in [0.29, 0.717) is 28.1 Å². The van der Waals surface area contributed by atoms with E-state index in [-0.39, 0.29) is 41.5 Å². The summed E-state index contributed by atoms with van der Waals surface area (Å²) in [6.07, 6.45) is 4.06. The Hall–Kier alpha value is -3.64. The number of benzene rings is 2. The number of hydrogen-bond donors (Lipinski definition) is 0. The lowest BCUT2D eigenvalue weighted by molar-refractivity contribution is 0.535. The first-order valence-electron chi connectivity index (χ1n) is 14.1. The molecule has 4 aromatic heterocycles. The van der Waals surface area contributed by atoms with Crippen LogP contribution >= 0.6 is 43.5 Å². The smallest absolute Gasteiger partial charge is 0.281 e. The van der Waals surface area contributed by atoms with Gasteiger partial charge in [0.15, 0.2) is 22.2 Å². The minimum absolute atomic E-state index is 0.00888. The van der Waals surface area contributed by atoms with E-state index in [1.807, 2.05) is 47.2 Å². The number of rotatable bonds is 5. The van der Waals surface area contributed by atoms with Crippen LogP contribution in [0.1, 0.15) is 60.7 Å². The second-order valence-electron chi connectivity index (χ2n) is 11.0. The number of alkyl halides is 1. The zero-order valence-electron chi connectivity index (χ0n) is 23.6. The van der Waals surface area contributed by atoms with Gasteiger partial charge in [-0.25, -0.2) is 9.97 Å². The topological polar surface area (TPSA) is 145 Å². The van der Waals surface area contributed by atoms with Crippen LogP contribution in [-0.2, 0) is 12.4 Å². The van der Waals surface area contributed by atoms with Crippen LogP contribution in [0.25, 0.3) is 54.4 Å². The van der Waals surface area contributed by atoms with Gasteiger partial charge in [0.05, 0.1) is 16.9 Å². The van der Waals surface area contributed by atoms with E-state index in [4.69, 9.17) is 26.0 Å². The molecule has 0 aliphatic heterocycles. The van der Waals surface area contributed by atoms with E-state index >= 15 is 0 Å². The van der Waals surface area contributed by atoms with Gasteiger partial charge in [-0.15, -0.1) is 11.6 Å². The molecular formula is C30H24Br2ClN7O4. The van der Waals surface area contributed by atoms with Gasteiger partial charge in [-0.1, -0.05) is 37.0 Å². The highest BCUT2D eigenvalue weighted by atomic mass is 79.9. The summed E-state index contributed by atoms with van der Waals surface area (Å²) in [6.45, 7) is 3.98. The van der Waals surface area contributed by atoms with Gasteiger partial charge < -0.3 is 18.0 Å². The number of hydrogen-bond acceptors (Lipinski definition) is 7. The Morgan fingerprint density at radius 1 is 0.864 bits per heavy atom. The minimum Gasteiger partial charge on any atom is -0.440 e. The molecule has 224 valence electrons. The third-order valence-electron chi connectivity index (χ3n) is 8.09. The van der Waals surface area contributed by atoms with E-state index < -0.39 is 0 Å². The largest absolute Gasteiger partial charge is 0.440 e. The molecule has 2 saturated carbocycles. The van der Waals surface area contributed by atoms with Crippen molar-refractivity contribution < 1.29 is 8.83 Å². The molecule has 0 unspecified atom stereocenters. The standard InChI is InChI=1S/C15H12BrClN2O2.C15H12BrN5O2/c1-7-10(16)5-4-9-13(7)19(8-2-3-8)15(20)12-14(9)21-11(6-17)18-12;1-7-10(16)5-4-9-13(7)21(8-2-3-8)15(22)12-14(9)23-11(19-12)6-18-20-17/h4-5,8H,2-3,6H2,1H3;4-5,8H,2-3,6H2,1H3. The molecule has 8 rings (SSSR count). The maximum absolute atomic E-state index is 12.9. The Balaban J connectivity index is 0.000000143. The van der Waals surface area contributed by atoms with Gasteiger partial charge in [0, 0.05) is 36.7 Å². The van der Waals surface area contributed by atoms with Gasteiger partial charge in [0.25, 0.3) is 11.1 Å². The Morgan fingerprint density at radius 2 is 1.32 bits per heavy atom. The monoisotopic (exact) mass is 739 g/mol. The third kappa shape index (κ3) is 4.73. The van der Waals surface area contributed by atoms with E-state index in [1.54, 1.807) is 0 Å². The number of aryl methyl sites for hydroxylation is 2. The number of azide groups is 1. The molecule has 2 aliphatic carbocycles. The average molecular weight is 742 g/mol. The zero-order valence-corrected chi connectivity index (χ0v) is 27.5. The van der Waals surface area contributed by atoms with Gasteiger partial charge in [-0.2, -0.15) is 0 Å². The molecule has 2 aromatic carbocycles. The molecule has 0 amide bonds. The van der Waals surface area contributed by atoms with Crippen molar-refractivity contribution >= 4 is 87.5 Å². The van der Waals surface area contributed by atoms with Crippen molar-refractivity contribution in [1.29, 1.82) is 0 Å². The quantitative estimate of drug-likeness (QED) is 0.0749. The second kappa shape index (κ2) is 11.1. The molecule has 0 radical (unpaired) electrons. The molecule has 44 heavy (non-hydrogen) atoms. The molecule has 4 heterocycles. The Labute approximate surface area is 270 Å². The maximum atomic E-state index is 12.9. The fraction of sp³-hybridized carbons (Fsp3) is 0.333. The lowest BCUT2D eigenvalue weighted by Gasteiger charge is -2.12. The van der Waals surface area contributed by atoms with Crippen LogP contribution in [0.2, 0.25) is 0 Å². The highest BCUT2D eigenvalue weighted by Crippen LogP contribution is 2.41. The van der Waals surface area contributed by atoms with Gasteiger partial charge in [-0.3, -0.25) is 9.59 Å². The molecule has 11 nitrogen and oxygen atoms in total. The van der Waals surface area contributed by atoms with Crippen LogP contribution in [0.5, 0.6) is 0 Å². The molecule has 2 fully saturated rings. The molecule has 6 aromatic rings. The Kier molecular flexibility index (Phi) is 7.31. The molecular weight excluding hydrogens is 718 g/mol. The summed E-state index contributed by atoms with van der Waals surface area (Å²) in [4.78, 5) is 36.9. The molecule has 0 saturated heterocycles. The third-order valence-corrected chi connectivity index (χ3v) is 10.0. The highest BCUT2D eigenvalue weighted by Gasteiger charge is 2.31. The predicted octanol–water partition coefficient (Wildman–Crippen LogP) is 8.65. The Bertz CT molecular complexity index is 2330. The zero-order chi connectivity index (χ0) is 30.9. The van der Waals surface area contributed by atoms with Gasteiger partial charge in [-0.05, 0) is 80.5 Å². The van der Waals surface area contributed by atoms with Crippen molar-refractivity contribution in [2.75, 3.05) is 0 Å². The van der Waals surface area contributed by atoms with Crippen molar-refractivity contribution in [2.45, 2.75) is 64.0 Å². The van der Waals surface area contributed by atoms with Crippen molar-refractivity contribution in [3.63, 3.8) is 0 Å². The lowest BCUT2D eigenvalue weighted by Crippen LogP contribution is -2.20. The van der Waals surface area contributed by atoms with E-state index in [1.165, 1.54) is 0 Å². The summed E-state index contributed by atoms with van der Waals surface area (Å²) in [5, 5.41) is 5.23. The highest BCUT2D eigenvalue weighted by molar-refractivity contribution is 9.10. The maximum Gasteiger partial charge on any atom is 0.281 e. The van der Waals surface area contributed by atoms with Crippen LogP contribution in [-0.4, -0.2) is 19.1 Å². The minimum atomic E-state index is -0.146. The summed E-state index contributed by atoms with van der Waals surface area (Å²) in [7, 11) is 0. The number of nitrogens with zero attached hydrogens (tertiary/aromatic N) is 7. The summed E-state index contributed by atoms with van der Waals surface area (Å²) < 4.78 is 17.0. The number of pyridine rings is 2. The van der Waals surface area contributed by atoms with Crippen LogP contribution in [0.4, 0.5) is 0 Å². The molecule has 14 heteroatoms. The van der Waals surface area contributed by atoms with Crippen molar-refractivity contribution in [3.8, 4) is 0 Å². The van der Waals surface area contributed by atoms with Crippen LogP contribution < -0.4 is 11.1 Å². The molecule has 0 spiro atoms. The molecule has 0 bridgehead atoms. The van der Waals surface area contributed by atoms with Crippen molar-refractivity contribution in [1.82, 2.24) is 19.1 Å². The number of fused-ring (bicyclic) bond motifs is 6. The van der Waals surface area contributed by atoms with Crippen LogP contribution in [0.3, 0.4) is 0 Å². The SMILES string of the molecule is Cc1c(Br)ccc2c3oc(CCl)nc3c(=O)n(C3CC3)c12.Cc1c(Br)ccc2c3oc(CN=[N+]=[N-])nc3c(=O)n(C3CC3)c12. The fourth-order valence-corrected chi connectivity index (χ4v) is 6.49. The molecule has 0 atom stereocenters.